The van der Waals surface area contributed by atoms with Crippen molar-refractivity contribution in [1.29, 1.82) is 10.5 Å². The summed E-state index contributed by atoms with van der Waals surface area (Å²) >= 11 is 5.99. The Kier molecular flexibility index (Phi) is 4.24. The molecule has 1 fully saturated rings. The van der Waals surface area contributed by atoms with E-state index < -0.39 is 11.3 Å². The number of rotatable bonds is 2. The third kappa shape index (κ3) is 2.75. The Morgan fingerprint density at radius 2 is 2.05 bits per heavy atom. The summed E-state index contributed by atoms with van der Waals surface area (Å²) in [6, 6.07) is 8.65. The van der Waals surface area contributed by atoms with E-state index in [9.17, 15) is 10.1 Å². The molecule has 0 atom stereocenters. The van der Waals surface area contributed by atoms with Gasteiger partial charge in [-0.3, -0.25) is 4.79 Å². The lowest BCUT2D eigenvalue weighted by atomic mass is 9.81. The lowest BCUT2D eigenvalue weighted by Crippen LogP contribution is -2.40. The third-order valence-corrected chi connectivity index (χ3v) is 3.67. The Labute approximate surface area is 121 Å². The van der Waals surface area contributed by atoms with Crippen molar-refractivity contribution >= 4 is 23.2 Å². The van der Waals surface area contributed by atoms with Crippen LogP contribution in [0.25, 0.3) is 0 Å². The molecule has 1 N–H and O–H groups in total. The fourth-order valence-electron chi connectivity index (χ4n) is 2.04. The number of amides is 1. The summed E-state index contributed by atoms with van der Waals surface area (Å²) in [5.41, 5.74) is -0.357. The van der Waals surface area contributed by atoms with Crippen LogP contribution in [0.3, 0.4) is 0 Å². The normalized spacial score (nSPS) is 16.8. The van der Waals surface area contributed by atoms with Crippen LogP contribution in [0.4, 0.5) is 5.69 Å². The molecule has 0 unspecified atom stereocenters. The monoisotopic (exact) mass is 289 g/mol. The number of carbonyl (C=O) groups excluding carboxylic acids is 1. The zero-order valence-electron chi connectivity index (χ0n) is 10.6. The smallest absolute Gasteiger partial charge is 0.245 e. The van der Waals surface area contributed by atoms with Gasteiger partial charge in [0.15, 0.2) is 0 Å². The van der Waals surface area contributed by atoms with E-state index in [1.54, 1.807) is 12.1 Å². The number of carbonyl (C=O) groups is 1. The first-order chi connectivity index (χ1) is 9.61. The minimum atomic E-state index is -1.09. The van der Waals surface area contributed by atoms with E-state index in [-0.39, 0.29) is 0 Å². The average Bonchev–Trinajstić information content (AvgIpc) is 2.50. The van der Waals surface area contributed by atoms with Crippen molar-refractivity contribution in [2.45, 2.75) is 12.8 Å². The third-order valence-electron chi connectivity index (χ3n) is 3.34. The van der Waals surface area contributed by atoms with Crippen LogP contribution in [-0.4, -0.2) is 19.1 Å². The first-order valence-electron chi connectivity index (χ1n) is 6.11. The molecule has 0 radical (unpaired) electrons. The Morgan fingerprint density at radius 1 is 1.35 bits per heavy atom. The number of nitrogens with one attached hydrogen (secondary N) is 1. The van der Waals surface area contributed by atoms with E-state index in [1.807, 2.05) is 6.07 Å². The molecule has 102 valence electrons. The Morgan fingerprint density at radius 3 is 2.65 bits per heavy atom. The van der Waals surface area contributed by atoms with Crippen molar-refractivity contribution < 1.29 is 9.53 Å². The Balaban J connectivity index is 2.23. The molecule has 1 aromatic rings. The van der Waals surface area contributed by atoms with Gasteiger partial charge in [0.2, 0.25) is 5.91 Å². The number of halogens is 1. The van der Waals surface area contributed by atoms with Gasteiger partial charge in [-0.25, -0.2) is 0 Å². The Hall–Kier alpha value is -2.08. The van der Waals surface area contributed by atoms with E-state index in [1.165, 1.54) is 6.07 Å². The summed E-state index contributed by atoms with van der Waals surface area (Å²) in [6.45, 7) is 0.764. The zero-order chi connectivity index (χ0) is 14.6. The molecule has 0 aliphatic carbocycles. The summed E-state index contributed by atoms with van der Waals surface area (Å²) in [6.07, 6.45) is 0.704. The molecule has 0 saturated carbocycles. The number of nitrogens with zero attached hydrogens (tertiary/aromatic N) is 2. The number of anilines is 1. The van der Waals surface area contributed by atoms with Crippen LogP contribution < -0.4 is 5.32 Å². The van der Waals surface area contributed by atoms with Crippen molar-refractivity contribution in [3.63, 3.8) is 0 Å². The highest BCUT2D eigenvalue weighted by molar-refractivity contribution is 6.33. The van der Waals surface area contributed by atoms with Crippen LogP contribution in [0, 0.1) is 28.1 Å². The van der Waals surface area contributed by atoms with Crippen LogP contribution in [0.1, 0.15) is 18.4 Å². The molecule has 1 aliphatic rings. The molecule has 5 nitrogen and oxygen atoms in total. The topological polar surface area (TPSA) is 85.9 Å². The van der Waals surface area contributed by atoms with Gasteiger partial charge in [-0.1, -0.05) is 11.6 Å². The minimum absolute atomic E-state index is 0.331. The van der Waals surface area contributed by atoms with Crippen molar-refractivity contribution in [3.8, 4) is 12.1 Å². The Bertz CT molecular complexity index is 610. The first-order valence-corrected chi connectivity index (χ1v) is 6.49. The SMILES string of the molecule is N#Cc1ccc(Cl)c(NC(=O)C2(C#N)CCOCC2)c1. The number of hydrogen-bond acceptors (Lipinski definition) is 4. The van der Waals surface area contributed by atoms with E-state index in [0.717, 1.165) is 0 Å². The summed E-state index contributed by atoms with van der Waals surface area (Å²) < 4.78 is 5.19. The molecule has 1 saturated heterocycles. The number of ether oxygens (including phenoxy) is 1. The van der Waals surface area contributed by atoms with Crippen molar-refractivity contribution in [2.24, 2.45) is 5.41 Å². The molecule has 6 heteroatoms. The molecular formula is C14H12ClN3O2. The minimum Gasteiger partial charge on any atom is -0.381 e. The van der Waals surface area contributed by atoms with Gasteiger partial charge in [0.25, 0.3) is 0 Å². The van der Waals surface area contributed by atoms with Gasteiger partial charge < -0.3 is 10.1 Å². The van der Waals surface area contributed by atoms with Gasteiger partial charge >= 0.3 is 0 Å². The molecule has 1 heterocycles. The predicted molar refractivity (Wildman–Crippen MR) is 72.9 cm³/mol. The van der Waals surface area contributed by atoms with Crippen molar-refractivity contribution in [2.75, 3.05) is 18.5 Å². The van der Waals surface area contributed by atoms with Crippen LogP contribution in [0.2, 0.25) is 5.02 Å². The second-order valence-electron chi connectivity index (χ2n) is 4.57. The quantitative estimate of drug-likeness (QED) is 0.906. The van der Waals surface area contributed by atoms with Crippen LogP contribution in [-0.2, 0) is 9.53 Å². The lowest BCUT2D eigenvalue weighted by Gasteiger charge is -2.29. The summed E-state index contributed by atoms with van der Waals surface area (Å²) in [5, 5.41) is 21.1. The number of hydrogen-bond donors (Lipinski definition) is 1. The fraction of sp³-hybridized carbons (Fsp3) is 0.357. The molecule has 2 rings (SSSR count). The molecule has 1 amide bonds. The van der Waals surface area contributed by atoms with E-state index >= 15 is 0 Å². The van der Waals surface area contributed by atoms with E-state index in [0.29, 0.717) is 42.3 Å². The maximum Gasteiger partial charge on any atom is 0.245 e. The van der Waals surface area contributed by atoms with Crippen LogP contribution >= 0.6 is 11.6 Å². The van der Waals surface area contributed by atoms with Crippen molar-refractivity contribution in [3.05, 3.63) is 28.8 Å². The highest BCUT2D eigenvalue weighted by Crippen LogP contribution is 2.32. The molecular weight excluding hydrogens is 278 g/mol. The summed E-state index contributed by atoms with van der Waals surface area (Å²) in [5.74, 6) is -0.403. The van der Waals surface area contributed by atoms with E-state index in [2.05, 4.69) is 11.4 Å². The fourth-order valence-corrected chi connectivity index (χ4v) is 2.21. The first kappa shape index (κ1) is 14.3. The molecule has 0 bridgehead atoms. The van der Waals surface area contributed by atoms with Crippen LogP contribution in [0.15, 0.2) is 18.2 Å². The van der Waals surface area contributed by atoms with Gasteiger partial charge in [-0.05, 0) is 31.0 Å². The maximum atomic E-state index is 12.3. The summed E-state index contributed by atoms with van der Waals surface area (Å²) in [4.78, 5) is 12.3. The second-order valence-corrected chi connectivity index (χ2v) is 4.97. The van der Waals surface area contributed by atoms with Gasteiger partial charge in [0, 0.05) is 13.2 Å². The van der Waals surface area contributed by atoms with Crippen LogP contribution in [0.5, 0.6) is 0 Å². The highest BCUT2D eigenvalue weighted by Gasteiger charge is 2.40. The lowest BCUT2D eigenvalue weighted by molar-refractivity contribution is -0.126. The summed E-state index contributed by atoms with van der Waals surface area (Å²) in [7, 11) is 0. The molecule has 1 aromatic carbocycles. The molecule has 0 aromatic heterocycles. The molecule has 0 spiro atoms. The zero-order valence-corrected chi connectivity index (χ0v) is 11.4. The average molecular weight is 290 g/mol. The maximum absolute atomic E-state index is 12.3. The van der Waals surface area contributed by atoms with Gasteiger partial charge in [0.05, 0.1) is 28.4 Å². The predicted octanol–water partition coefficient (Wildman–Crippen LogP) is 2.47. The second kappa shape index (κ2) is 5.92. The highest BCUT2D eigenvalue weighted by atomic mass is 35.5. The van der Waals surface area contributed by atoms with Crippen molar-refractivity contribution in [1.82, 2.24) is 0 Å². The largest absolute Gasteiger partial charge is 0.381 e. The number of benzene rings is 1. The van der Waals surface area contributed by atoms with Gasteiger partial charge in [0.1, 0.15) is 5.41 Å². The molecule has 20 heavy (non-hydrogen) atoms. The number of nitriles is 2. The van der Waals surface area contributed by atoms with Gasteiger partial charge in [-0.15, -0.1) is 0 Å². The van der Waals surface area contributed by atoms with Gasteiger partial charge in [-0.2, -0.15) is 10.5 Å². The van der Waals surface area contributed by atoms with E-state index in [4.69, 9.17) is 21.6 Å². The molecule has 1 aliphatic heterocycles. The standard InChI is InChI=1S/C14H12ClN3O2/c15-11-2-1-10(8-16)7-12(11)18-13(19)14(9-17)3-5-20-6-4-14/h1-2,7H,3-6H2,(H,18,19).